The van der Waals surface area contributed by atoms with Crippen molar-refractivity contribution in [1.82, 2.24) is 4.31 Å². The van der Waals surface area contributed by atoms with E-state index >= 15 is 0 Å². The van der Waals surface area contributed by atoms with Crippen LogP contribution in [0.3, 0.4) is 0 Å². The number of ether oxygens (including phenoxy) is 1. The average molecular weight is 463 g/mol. The standard InChI is InChI=1S/C23H27FN2O5S/c1-3-26(4-2)32(29,30)17-11-12-21(25-13-7-8-14-25)19(15-17)23(28)31-16-22(27)18-9-5-6-10-20(18)24/h5-6,9-12,15H,3-4,7-8,13-14,16H2,1-2H3. The van der Waals surface area contributed by atoms with Crippen LogP contribution in [0.5, 0.6) is 0 Å². The normalized spacial score (nSPS) is 14.1. The van der Waals surface area contributed by atoms with E-state index in [1.165, 1.54) is 34.6 Å². The fourth-order valence-corrected chi connectivity index (χ4v) is 5.24. The Balaban J connectivity index is 1.90. The summed E-state index contributed by atoms with van der Waals surface area (Å²) in [6.07, 6.45) is 1.92. The van der Waals surface area contributed by atoms with Crippen LogP contribution >= 0.6 is 0 Å². The van der Waals surface area contributed by atoms with Gasteiger partial charge in [0.05, 0.1) is 21.7 Å². The van der Waals surface area contributed by atoms with E-state index in [0.29, 0.717) is 18.8 Å². The number of hydrogen-bond donors (Lipinski definition) is 0. The van der Waals surface area contributed by atoms with Crippen molar-refractivity contribution in [3.8, 4) is 0 Å². The second kappa shape index (κ2) is 10.2. The Morgan fingerprint density at radius 2 is 1.69 bits per heavy atom. The van der Waals surface area contributed by atoms with Crippen LogP contribution in [0, 0.1) is 5.82 Å². The maximum Gasteiger partial charge on any atom is 0.340 e. The van der Waals surface area contributed by atoms with Gasteiger partial charge < -0.3 is 9.64 Å². The molecule has 0 atom stereocenters. The molecular formula is C23H27FN2O5S. The molecule has 1 fully saturated rings. The van der Waals surface area contributed by atoms with Gasteiger partial charge in [-0.2, -0.15) is 4.31 Å². The monoisotopic (exact) mass is 462 g/mol. The summed E-state index contributed by atoms with van der Waals surface area (Å²) in [4.78, 5) is 27.2. The molecule has 172 valence electrons. The van der Waals surface area contributed by atoms with Crippen LogP contribution in [0.15, 0.2) is 47.4 Å². The van der Waals surface area contributed by atoms with Gasteiger partial charge >= 0.3 is 5.97 Å². The Hall–Kier alpha value is -2.78. The Kier molecular flexibility index (Phi) is 7.63. The molecule has 0 aromatic heterocycles. The number of rotatable bonds is 9. The van der Waals surface area contributed by atoms with E-state index in [4.69, 9.17) is 4.74 Å². The maximum atomic E-state index is 13.8. The van der Waals surface area contributed by atoms with Gasteiger partial charge in [-0.3, -0.25) is 4.79 Å². The number of ketones is 1. The molecule has 0 bridgehead atoms. The third-order valence-corrected chi connectivity index (χ3v) is 7.53. The zero-order valence-electron chi connectivity index (χ0n) is 18.2. The highest BCUT2D eigenvalue weighted by molar-refractivity contribution is 7.89. The number of benzene rings is 2. The Labute approximate surface area is 187 Å². The van der Waals surface area contributed by atoms with E-state index in [9.17, 15) is 22.4 Å². The topological polar surface area (TPSA) is 84.0 Å². The van der Waals surface area contributed by atoms with E-state index in [-0.39, 0.29) is 16.0 Å². The minimum Gasteiger partial charge on any atom is -0.454 e. The Bertz CT molecular complexity index is 1090. The number of anilines is 1. The van der Waals surface area contributed by atoms with Crippen LogP contribution in [-0.4, -0.2) is 57.3 Å². The van der Waals surface area contributed by atoms with E-state index in [1.54, 1.807) is 19.9 Å². The number of sulfonamides is 1. The summed E-state index contributed by atoms with van der Waals surface area (Å²) in [6, 6.07) is 9.85. The molecule has 9 heteroatoms. The van der Waals surface area contributed by atoms with Crippen LogP contribution in [0.25, 0.3) is 0 Å². The number of carbonyl (C=O) groups is 2. The number of hydrogen-bond acceptors (Lipinski definition) is 6. The number of esters is 1. The largest absolute Gasteiger partial charge is 0.454 e. The molecule has 0 unspecified atom stereocenters. The lowest BCUT2D eigenvalue weighted by Gasteiger charge is -2.23. The zero-order chi connectivity index (χ0) is 23.3. The molecule has 32 heavy (non-hydrogen) atoms. The van der Waals surface area contributed by atoms with Crippen molar-refractivity contribution < 1.29 is 27.1 Å². The number of halogens is 1. The lowest BCUT2D eigenvalue weighted by atomic mass is 10.1. The van der Waals surface area contributed by atoms with Crippen molar-refractivity contribution in [2.75, 3.05) is 37.7 Å². The number of carbonyl (C=O) groups excluding carboxylic acids is 2. The summed E-state index contributed by atoms with van der Waals surface area (Å²) in [7, 11) is -3.79. The van der Waals surface area contributed by atoms with Gasteiger partial charge in [0.2, 0.25) is 15.8 Å². The highest BCUT2D eigenvalue weighted by atomic mass is 32.2. The average Bonchev–Trinajstić information content (AvgIpc) is 3.32. The molecule has 0 N–H and O–H groups in total. The van der Waals surface area contributed by atoms with Crippen LogP contribution in [-0.2, 0) is 14.8 Å². The summed E-state index contributed by atoms with van der Waals surface area (Å²) in [5.74, 6) is -2.20. The molecule has 0 radical (unpaired) electrons. The highest BCUT2D eigenvalue weighted by Crippen LogP contribution is 2.29. The van der Waals surface area contributed by atoms with Gasteiger partial charge in [0.1, 0.15) is 5.82 Å². The smallest absolute Gasteiger partial charge is 0.340 e. The fourth-order valence-electron chi connectivity index (χ4n) is 3.76. The summed E-state index contributed by atoms with van der Waals surface area (Å²) < 4.78 is 46.2. The van der Waals surface area contributed by atoms with Crippen molar-refractivity contribution in [3.05, 3.63) is 59.4 Å². The molecule has 0 spiro atoms. The predicted molar refractivity (Wildman–Crippen MR) is 119 cm³/mol. The van der Waals surface area contributed by atoms with Crippen LogP contribution in [0.1, 0.15) is 47.4 Å². The molecule has 0 saturated carbocycles. The maximum absolute atomic E-state index is 13.8. The van der Waals surface area contributed by atoms with Gasteiger partial charge in [-0.25, -0.2) is 17.6 Å². The van der Waals surface area contributed by atoms with Gasteiger partial charge in [0.25, 0.3) is 0 Å². The van der Waals surface area contributed by atoms with Gasteiger partial charge in [-0.15, -0.1) is 0 Å². The van der Waals surface area contributed by atoms with Gasteiger partial charge in [-0.1, -0.05) is 26.0 Å². The minimum absolute atomic E-state index is 0.0171. The second-order valence-electron chi connectivity index (χ2n) is 7.44. The van der Waals surface area contributed by atoms with Crippen molar-refractivity contribution in [2.24, 2.45) is 0 Å². The second-order valence-corrected chi connectivity index (χ2v) is 9.38. The van der Waals surface area contributed by atoms with E-state index < -0.39 is 34.2 Å². The third kappa shape index (κ3) is 4.99. The number of nitrogens with zero attached hydrogens (tertiary/aromatic N) is 2. The molecule has 0 amide bonds. The first kappa shape index (κ1) is 23.9. The lowest BCUT2D eigenvalue weighted by Crippen LogP contribution is -2.31. The summed E-state index contributed by atoms with van der Waals surface area (Å²) in [6.45, 7) is 4.89. The molecule has 2 aromatic rings. The molecule has 1 aliphatic rings. The SMILES string of the molecule is CCN(CC)S(=O)(=O)c1ccc(N2CCCC2)c(C(=O)OCC(=O)c2ccccc2F)c1. The fraction of sp³-hybridized carbons (Fsp3) is 0.391. The van der Waals surface area contributed by atoms with Crippen molar-refractivity contribution in [1.29, 1.82) is 0 Å². The first-order chi connectivity index (χ1) is 15.3. The van der Waals surface area contributed by atoms with Gasteiger partial charge in [0, 0.05) is 26.2 Å². The minimum atomic E-state index is -3.79. The summed E-state index contributed by atoms with van der Waals surface area (Å²) in [5, 5.41) is 0. The van der Waals surface area contributed by atoms with Gasteiger partial charge in [0.15, 0.2) is 6.61 Å². The molecule has 1 saturated heterocycles. The van der Waals surface area contributed by atoms with Crippen LogP contribution in [0.2, 0.25) is 0 Å². The molecule has 3 rings (SSSR count). The van der Waals surface area contributed by atoms with Crippen molar-refractivity contribution in [3.63, 3.8) is 0 Å². The first-order valence-corrected chi connectivity index (χ1v) is 12.1. The molecule has 7 nitrogen and oxygen atoms in total. The molecule has 1 aliphatic heterocycles. The van der Waals surface area contributed by atoms with Crippen molar-refractivity contribution in [2.45, 2.75) is 31.6 Å². The highest BCUT2D eigenvalue weighted by Gasteiger charge is 2.27. The predicted octanol–water partition coefficient (Wildman–Crippen LogP) is 3.50. The Morgan fingerprint density at radius 3 is 2.31 bits per heavy atom. The number of Topliss-reactive ketones (excluding diaryl/α,β-unsaturated/α-hetero) is 1. The molecule has 2 aromatic carbocycles. The van der Waals surface area contributed by atoms with E-state index in [2.05, 4.69) is 0 Å². The molecule has 1 heterocycles. The van der Waals surface area contributed by atoms with Crippen LogP contribution in [0.4, 0.5) is 10.1 Å². The molecular weight excluding hydrogens is 435 g/mol. The van der Waals surface area contributed by atoms with E-state index in [1.807, 2.05) is 4.90 Å². The van der Waals surface area contributed by atoms with Crippen LogP contribution < -0.4 is 4.90 Å². The first-order valence-electron chi connectivity index (χ1n) is 10.6. The lowest BCUT2D eigenvalue weighted by molar-refractivity contribution is 0.0474. The zero-order valence-corrected chi connectivity index (χ0v) is 19.0. The quantitative estimate of drug-likeness (QED) is 0.419. The van der Waals surface area contributed by atoms with Gasteiger partial charge in [-0.05, 0) is 43.2 Å². The van der Waals surface area contributed by atoms with E-state index in [0.717, 1.165) is 32.0 Å². The summed E-state index contributed by atoms with van der Waals surface area (Å²) >= 11 is 0. The third-order valence-electron chi connectivity index (χ3n) is 5.49. The molecule has 0 aliphatic carbocycles. The summed E-state index contributed by atoms with van der Waals surface area (Å²) in [5.41, 5.74) is 0.462. The van der Waals surface area contributed by atoms with Crippen molar-refractivity contribution >= 4 is 27.5 Å². The Morgan fingerprint density at radius 1 is 1.03 bits per heavy atom.